The van der Waals surface area contributed by atoms with E-state index in [0.717, 1.165) is 23.1 Å². The molecule has 2 aromatic carbocycles. The molecule has 2 rings (SSSR count). The summed E-state index contributed by atoms with van der Waals surface area (Å²) >= 11 is 0. The molecule has 3 N–H and O–H groups in total. The number of carbonyl (C=O) groups is 1. The smallest absolute Gasteiger partial charge is 0.251 e. The molecule has 7 nitrogen and oxygen atoms in total. The Labute approximate surface area is 195 Å². The zero-order valence-corrected chi connectivity index (χ0v) is 20.6. The predicted molar refractivity (Wildman–Crippen MR) is 132 cm³/mol. The number of nitrogens with zero attached hydrogens (tertiary/aromatic N) is 1. The van der Waals surface area contributed by atoms with E-state index in [1.165, 1.54) is 6.26 Å². The maximum absolute atomic E-state index is 11.7. The lowest BCUT2D eigenvalue weighted by molar-refractivity contribution is 0.0963. The van der Waals surface area contributed by atoms with Crippen molar-refractivity contribution in [2.75, 3.05) is 26.9 Å². The molecule has 0 aliphatic carbocycles. The number of carbonyl (C=O) groups excluding carboxylic acids is 1. The second-order valence-corrected chi connectivity index (χ2v) is 8.91. The Morgan fingerprint density at radius 1 is 1.00 bits per heavy atom. The monoisotopic (exact) mass is 544 g/mol. The molecule has 0 radical (unpaired) electrons. The van der Waals surface area contributed by atoms with Gasteiger partial charge in [-0.2, -0.15) is 0 Å². The van der Waals surface area contributed by atoms with Crippen LogP contribution in [0.15, 0.2) is 53.5 Å². The molecule has 0 aromatic heterocycles. The first-order valence-corrected chi connectivity index (χ1v) is 11.4. The average Bonchev–Trinajstić information content (AvgIpc) is 2.70. The lowest BCUT2D eigenvalue weighted by Gasteiger charge is -2.12. The number of aliphatic imine (C=N–C) groups is 1. The molecule has 9 heteroatoms. The Morgan fingerprint density at radius 2 is 1.67 bits per heavy atom. The van der Waals surface area contributed by atoms with Crippen LogP contribution in [-0.4, -0.2) is 47.2 Å². The van der Waals surface area contributed by atoms with Gasteiger partial charge in [0.2, 0.25) is 0 Å². The zero-order chi connectivity index (χ0) is 21.3. The van der Waals surface area contributed by atoms with Gasteiger partial charge >= 0.3 is 0 Å². The molecular weight excluding hydrogens is 515 g/mol. The number of benzene rings is 2. The second-order valence-electron chi connectivity index (χ2n) is 6.77. The fraction of sp³-hybridized carbons (Fsp3) is 0.333. The molecule has 0 aliphatic rings. The van der Waals surface area contributed by atoms with E-state index in [9.17, 15) is 13.2 Å². The fourth-order valence-electron chi connectivity index (χ4n) is 2.80. The van der Waals surface area contributed by atoms with Gasteiger partial charge in [-0.1, -0.05) is 36.4 Å². The fourth-order valence-corrected chi connectivity index (χ4v) is 3.60. The molecule has 0 saturated heterocycles. The molecule has 1 amide bonds. The minimum Gasteiger partial charge on any atom is -0.356 e. The molecule has 0 aliphatic heterocycles. The van der Waals surface area contributed by atoms with E-state index in [1.54, 1.807) is 20.2 Å². The number of guanidine groups is 1. The summed E-state index contributed by atoms with van der Waals surface area (Å²) in [4.78, 5) is 15.9. The van der Waals surface area contributed by atoms with Gasteiger partial charge in [0.05, 0.1) is 5.75 Å². The van der Waals surface area contributed by atoms with Crippen molar-refractivity contribution in [3.05, 3.63) is 70.8 Å². The summed E-state index contributed by atoms with van der Waals surface area (Å²) in [7, 11) is 0.293. The standard InChI is InChI=1S/C21H28N4O3S.HI/c1-22-20(26)19-6-4-5-16(13-19)11-12-24-21(23-2)25-14-17-7-9-18(10-8-17)15-29(3,27)28;/h4-10,13H,11-12,14-15H2,1-3H3,(H,22,26)(H2,23,24,25);1H. The molecule has 164 valence electrons. The van der Waals surface area contributed by atoms with Gasteiger partial charge in [0.1, 0.15) is 0 Å². The van der Waals surface area contributed by atoms with Crippen molar-refractivity contribution in [1.82, 2.24) is 16.0 Å². The largest absolute Gasteiger partial charge is 0.356 e. The van der Waals surface area contributed by atoms with Gasteiger partial charge in [-0.3, -0.25) is 9.79 Å². The average molecular weight is 544 g/mol. The van der Waals surface area contributed by atoms with Crippen molar-refractivity contribution in [2.24, 2.45) is 4.99 Å². The molecule has 0 saturated carbocycles. The molecule has 0 spiro atoms. The van der Waals surface area contributed by atoms with Crippen molar-refractivity contribution in [3.63, 3.8) is 0 Å². The van der Waals surface area contributed by atoms with Gasteiger partial charge < -0.3 is 16.0 Å². The van der Waals surface area contributed by atoms with Crippen LogP contribution >= 0.6 is 24.0 Å². The van der Waals surface area contributed by atoms with E-state index >= 15 is 0 Å². The molecule has 0 heterocycles. The first kappa shape index (κ1) is 25.9. The van der Waals surface area contributed by atoms with E-state index in [1.807, 2.05) is 42.5 Å². The highest BCUT2D eigenvalue weighted by atomic mass is 127. The third kappa shape index (κ3) is 9.12. The van der Waals surface area contributed by atoms with Crippen LogP contribution in [0.4, 0.5) is 0 Å². The van der Waals surface area contributed by atoms with Crippen molar-refractivity contribution < 1.29 is 13.2 Å². The van der Waals surface area contributed by atoms with Crippen LogP contribution in [-0.2, 0) is 28.6 Å². The minimum atomic E-state index is -3.03. The molecule has 2 aromatic rings. The maximum atomic E-state index is 11.7. The Morgan fingerprint density at radius 3 is 2.27 bits per heavy atom. The van der Waals surface area contributed by atoms with Gasteiger partial charge in [-0.15, -0.1) is 24.0 Å². The van der Waals surface area contributed by atoms with Crippen molar-refractivity contribution in [2.45, 2.75) is 18.7 Å². The van der Waals surface area contributed by atoms with Crippen LogP contribution < -0.4 is 16.0 Å². The molecule has 0 fully saturated rings. The van der Waals surface area contributed by atoms with Crippen LogP contribution in [0.25, 0.3) is 0 Å². The Hall–Kier alpha value is -2.14. The SMILES string of the molecule is CN=C(NCCc1cccc(C(=O)NC)c1)NCc1ccc(CS(C)(=O)=O)cc1.I. The number of sulfone groups is 1. The van der Waals surface area contributed by atoms with Crippen molar-refractivity contribution in [3.8, 4) is 0 Å². The van der Waals surface area contributed by atoms with Crippen LogP contribution in [0.1, 0.15) is 27.0 Å². The van der Waals surface area contributed by atoms with E-state index in [0.29, 0.717) is 24.6 Å². The van der Waals surface area contributed by atoms with Crippen molar-refractivity contribution >= 4 is 45.7 Å². The Bertz CT molecular complexity index is 960. The summed E-state index contributed by atoms with van der Waals surface area (Å²) in [6.45, 7) is 1.25. The van der Waals surface area contributed by atoms with Crippen molar-refractivity contribution in [1.29, 1.82) is 0 Å². The highest BCUT2D eigenvalue weighted by Crippen LogP contribution is 2.08. The van der Waals surface area contributed by atoms with Gasteiger partial charge in [0.15, 0.2) is 15.8 Å². The lowest BCUT2D eigenvalue weighted by Crippen LogP contribution is -2.37. The van der Waals surface area contributed by atoms with Crippen LogP contribution in [0, 0.1) is 0 Å². The summed E-state index contributed by atoms with van der Waals surface area (Å²) in [6, 6.07) is 15.0. The number of halogens is 1. The normalized spacial score (nSPS) is 11.4. The lowest BCUT2D eigenvalue weighted by atomic mass is 10.1. The van der Waals surface area contributed by atoms with Gasteiger partial charge in [0.25, 0.3) is 5.91 Å². The third-order valence-electron chi connectivity index (χ3n) is 4.26. The van der Waals surface area contributed by atoms with Gasteiger partial charge in [0, 0.05) is 39.0 Å². The summed E-state index contributed by atoms with van der Waals surface area (Å²) < 4.78 is 22.7. The number of hydrogen-bond acceptors (Lipinski definition) is 4. The highest BCUT2D eigenvalue weighted by molar-refractivity contribution is 14.0. The first-order valence-electron chi connectivity index (χ1n) is 9.32. The first-order chi connectivity index (χ1) is 13.8. The highest BCUT2D eigenvalue weighted by Gasteiger charge is 2.06. The Kier molecular flexibility index (Phi) is 10.8. The Balaban J connectivity index is 0.00000450. The zero-order valence-electron chi connectivity index (χ0n) is 17.4. The molecule has 0 bridgehead atoms. The third-order valence-corrected chi connectivity index (χ3v) is 5.12. The van der Waals surface area contributed by atoms with E-state index in [4.69, 9.17) is 0 Å². The number of rotatable bonds is 8. The van der Waals surface area contributed by atoms with Gasteiger partial charge in [-0.05, 0) is 35.2 Å². The molecular formula is C21H29IN4O3S. The summed E-state index contributed by atoms with van der Waals surface area (Å²) in [5.41, 5.74) is 3.52. The van der Waals surface area contributed by atoms with Crippen LogP contribution in [0.5, 0.6) is 0 Å². The number of nitrogens with one attached hydrogen (secondary N) is 3. The predicted octanol–water partition coefficient (Wildman–Crippen LogP) is 2.12. The number of hydrogen-bond donors (Lipinski definition) is 3. The molecule has 0 atom stereocenters. The number of amides is 1. The second kappa shape index (κ2) is 12.5. The van der Waals surface area contributed by atoms with E-state index < -0.39 is 9.84 Å². The minimum absolute atomic E-state index is 0. The molecule has 30 heavy (non-hydrogen) atoms. The molecule has 0 unspecified atom stereocenters. The van der Waals surface area contributed by atoms with Crippen LogP contribution in [0.3, 0.4) is 0 Å². The summed E-state index contributed by atoms with van der Waals surface area (Å²) in [5, 5.41) is 9.11. The van der Waals surface area contributed by atoms with Crippen LogP contribution in [0.2, 0.25) is 0 Å². The topological polar surface area (TPSA) is 99.7 Å². The maximum Gasteiger partial charge on any atom is 0.251 e. The summed E-state index contributed by atoms with van der Waals surface area (Å²) in [6.07, 6.45) is 1.98. The summed E-state index contributed by atoms with van der Waals surface area (Å²) in [5.74, 6) is 0.623. The van der Waals surface area contributed by atoms with Gasteiger partial charge in [-0.25, -0.2) is 8.42 Å². The van der Waals surface area contributed by atoms with E-state index in [2.05, 4.69) is 20.9 Å². The quantitative estimate of drug-likeness (QED) is 0.269. The van der Waals surface area contributed by atoms with E-state index in [-0.39, 0.29) is 35.6 Å².